The maximum Gasteiger partial charge on any atom is 0.213 e. The number of methoxy groups -OCH3 is 1. The van der Waals surface area contributed by atoms with Gasteiger partial charge in [0.2, 0.25) is 5.88 Å². The molecule has 0 aliphatic rings. The van der Waals surface area contributed by atoms with E-state index in [0.717, 1.165) is 22.5 Å². The number of imidazole rings is 1. The van der Waals surface area contributed by atoms with Crippen molar-refractivity contribution in [2.75, 3.05) is 7.11 Å². The molecule has 0 saturated carbocycles. The average molecular weight is 349 g/mol. The summed E-state index contributed by atoms with van der Waals surface area (Å²) in [6.07, 6.45) is 9.39. The Morgan fingerprint density at radius 1 is 1.23 bits per heavy atom. The lowest BCUT2D eigenvalue weighted by atomic mass is 10.1. The number of carbonyl (C=O) groups excluding carboxylic acids is 1. The van der Waals surface area contributed by atoms with Gasteiger partial charge in [-0.3, -0.25) is 9.89 Å². The molecule has 4 rings (SSSR count). The number of aldehydes is 1. The molecule has 0 atom stereocenters. The third-order valence-electron chi connectivity index (χ3n) is 4.04. The smallest absolute Gasteiger partial charge is 0.213 e. The zero-order valence-corrected chi connectivity index (χ0v) is 13.9. The van der Waals surface area contributed by atoms with E-state index in [4.69, 9.17) is 9.47 Å². The van der Waals surface area contributed by atoms with Crippen molar-refractivity contribution in [2.24, 2.45) is 0 Å². The molecule has 0 aliphatic heterocycles. The molecule has 8 heteroatoms. The molecule has 26 heavy (non-hydrogen) atoms. The van der Waals surface area contributed by atoms with Gasteiger partial charge in [-0.15, -0.1) is 0 Å². The zero-order chi connectivity index (χ0) is 17.9. The van der Waals surface area contributed by atoms with E-state index in [-0.39, 0.29) is 6.61 Å². The Hall–Kier alpha value is -3.68. The molecule has 0 fully saturated rings. The molecule has 0 aromatic carbocycles. The highest BCUT2D eigenvalue weighted by Crippen LogP contribution is 2.27. The number of hydrogen-bond acceptors (Lipinski definition) is 6. The summed E-state index contributed by atoms with van der Waals surface area (Å²) in [6, 6.07) is 5.38. The molecule has 0 unspecified atom stereocenters. The van der Waals surface area contributed by atoms with Crippen LogP contribution in [0.2, 0.25) is 0 Å². The van der Waals surface area contributed by atoms with Crippen LogP contribution < -0.4 is 9.47 Å². The van der Waals surface area contributed by atoms with E-state index in [1.807, 2.05) is 28.9 Å². The number of H-pyrrole nitrogens is 1. The molecular formula is C18H15N5O3. The number of pyridine rings is 2. The first-order valence-corrected chi connectivity index (χ1v) is 7.86. The van der Waals surface area contributed by atoms with Gasteiger partial charge in [-0.2, -0.15) is 5.10 Å². The summed E-state index contributed by atoms with van der Waals surface area (Å²) in [5, 5.41) is 6.97. The van der Waals surface area contributed by atoms with Gasteiger partial charge in [0.15, 0.2) is 6.29 Å². The Bertz CT molecular complexity index is 1060. The molecule has 4 aromatic rings. The van der Waals surface area contributed by atoms with Crippen molar-refractivity contribution < 1.29 is 14.3 Å². The quantitative estimate of drug-likeness (QED) is 0.538. The molecule has 4 heterocycles. The summed E-state index contributed by atoms with van der Waals surface area (Å²) in [5.74, 6) is 0.734. The SMILES string of the molecule is COc1cc(C=O)c(OCc2c(-c3ccn[nH]3)ccn3ccnc23)cn1. The molecule has 8 nitrogen and oxygen atoms in total. The second-order valence-electron chi connectivity index (χ2n) is 5.51. The number of fused-ring (bicyclic) bond motifs is 1. The van der Waals surface area contributed by atoms with E-state index in [1.165, 1.54) is 19.4 Å². The van der Waals surface area contributed by atoms with Crippen molar-refractivity contribution in [2.45, 2.75) is 6.61 Å². The molecule has 130 valence electrons. The topological polar surface area (TPSA) is 94.4 Å². The lowest BCUT2D eigenvalue weighted by Gasteiger charge is -2.13. The Morgan fingerprint density at radius 2 is 2.15 bits per heavy atom. The summed E-state index contributed by atoms with van der Waals surface area (Å²) in [4.78, 5) is 19.9. The van der Waals surface area contributed by atoms with Crippen LogP contribution in [0.25, 0.3) is 16.9 Å². The Morgan fingerprint density at radius 3 is 2.92 bits per heavy atom. The number of nitrogens with one attached hydrogen (secondary N) is 1. The van der Waals surface area contributed by atoms with E-state index in [1.54, 1.807) is 12.4 Å². The summed E-state index contributed by atoms with van der Waals surface area (Å²) < 4.78 is 12.8. The van der Waals surface area contributed by atoms with E-state index in [0.29, 0.717) is 23.5 Å². The van der Waals surface area contributed by atoms with Crippen LogP contribution in [-0.2, 0) is 6.61 Å². The van der Waals surface area contributed by atoms with Crippen molar-refractivity contribution in [3.05, 3.63) is 60.3 Å². The normalized spacial score (nSPS) is 10.8. The van der Waals surface area contributed by atoms with Gasteiger partial charge in [-0.25, -0.2) is 9.97 Å². The number of ether oxygens (including phenoxy) is 2. The first-order chi connectivity index (χ1) is 12.8. The Kier molecular flexibility index (Phi) is 4.06. The van der Waals surface area contributed by atoms with Crippen molar-refractivity contribution >= 4 is 11.9 Å². The molecule has 0 amide bonds. The number of carbonyl (C=O) groups is 1. The van der Waals surface area contributed by atoms with Crippen molar-refractivity contribution in [3.8, 4) is 22.9 Å². The molecular weight excluding hydrogens is 334 g/mol. The minimum Gasteiger partial charge on any atom is -0.486 e. The maximum absolute atomic E-state index is 11.3. The predicted octanol–water partition coefficient (Wildman–Crippen LogP) is 2.52. The van der Waals surface area contributed by atoms with Gasteiger partial charge in [-0.05, 0) is 12.1 Å². The fraction of sp³-hybridized carbons (Fsp3) is 0.111. The minimum atomic E-state index is 0.213. The monoisotopic (exact) mass is 349 g/mol. The molecule has 4 aromatic heterocycles. The number of rotatable bonds is 6. The van der Waals surface area contributed by atoms with E-state index in [9.17, 15) is 4.79 Å². The first-order valence-electron chi connectivity index (χ1n) is 7.86. The highest BCUT2D eigenvalue weighted by atomic mass is 16.5. The van der Waals surface area contributed by atoms with Crippen LogP contribution in [0.4, 0.5) is 0 Å². The lowest BCUT2D eigenvalue weighted by Crippen LogP contribution is -2.04. The first kappa shape index (κ1) is 15.8. The van der Waals surface area contributed by atoms with Crippen LogP contribution in [-0.4, -0.2) is 38.0 Å². The van der Waals surface area contributed by atoms with Crippen LogP contribution in [0.3, 0.4) is 0 Å². The number of hydrogen-bond donors (Lipinski definition) is 1. The Balaban J connectivity index is 1.72. The van der Waals surface area contributed by atoms with Crippen LogP contribution in [0.15, 0.2) is 49.2 Å². The van der Waals surface area contributed by atoms with Crippen LogP contribution in [0, 0.1) is 0 Å². The van der Waals surface area contributed by atoms with Gasteiger partial charge in [0.25, 0.3) is 0 Å². The number of nitrogens with zero attached hydrogens (tertiary/aromatic N) is 4. The molecule has 0 saturated heterocycles. The third kappa shape index (κ3) is 2.77. The van der Waals surface area contributed by atoms with Crippen LogP contribution >= 0.6 is 0 Å². The summed E-state index contributed by atoms with van der Waals surface area (Å²) >= 11 is 0. The second-order valence-corrected chi connectivity index (χ2v) is 5.51. The molecule has 1 N–H and O–H groups in total. The Labute approximate surface area is 148 Å². The largest absolute Gasteiger partial charge is 0.486 e. The molecule has 0 radical (unpaired) electrons. The van der Waals surface area contributed by atoms with Gasteiger partial charge in [0.1, 0.15) is 18.0 Å². The van der Waals surface area contributed by atoms with Crippen LogP contribution in [0.5, 0.6) is 11.6 Å². The minimum absolute atomic E-state index is 0.213. The van der Waals surface area contributed by atoms with Gasteiger partial charge < -0.3 is 13.9 Å². The molecule has 0 bridgehead atoms. The summed E-state index contributed by atoms with van der Waals surface area (Å²) in [5.41, 5.74) is 3.80. The highest BCUT2D eigenvalue weighted by molar-refractivity contribution is 5.79. The lowest BCUT2D eigenvalue weighted by molar-refractivity contribution is 0.111. The van der Waals surface area contributed by atoms with E-state index >= 15 is 0 Å². The molecule has 0 aliphatic carbocycles. The fourth-order valence-electron chi connectivity index (χ4n) is 2.76. The number of aromatic amines is 1. The molecule has 0 spiro atoms. The second kappa shape index (κ2) is 6.67. The third-order valence-corrected chi connectivity index (χ3v) is 4.04. The fourth-order valence-corrected chi connectivity index (χ4v) is 2.76. The average Bonchev–Trinajstić information content (AvgIpc) is 3.37. The van der Waals surface area contributed by atoms with E-state index < -0.39 is 0 Å². The summed E-state index contributed by atoms with van der Waals surface area (Å²) in [7, 11) is 1.49. The van der Waals surface area contributed by atoms with Crippen LogP contribution in [0.1, 0.15) is 15.9 Å². The maximum atomic E-state index is 11.3. The van der Waals surface area contributed by atoms with E-state index in [2.05, 4.69) is 20.2 Å². The van der Waals surface area contributed by atoms with Gasteiger partial charge in [0.05, 0.1) is 24.6 Å². The van der Waals surface area contributed by atoms with Gasteiger partial charge >= 0.3 is 0 Å². The van der Waals surface area contributed by atoms with Gasteiger partial charge in [0, 0.05) is 42.0 Å². The zero-order valence-electron chi connectivity index (χ0n) is 13.9. The van der Waals surface area contributed by atoms with Crippen molar-refractivity contribution in [1.82, 2.24) is 24.6 Å². The van der Waals surface area contributed by atoms with Gasteiger partial charge in [-0.1, -0.05) is 0 Å². The summed E-state index contributed by atoms with van der Waals surface area (Å²) in [6.45, 7) is 0.213. The van der Waals surface area contributed by atoms with Crippen molar-refractivity contribution in [1.29, 1.82) is 0 Å². The number of aromatic nitrogens is 5. The van der Waals surface area contributed by atoms with Crippen molar-refractivity contribution in [3.63, 3.8) is 0 Å². The standard InChI is InChI=1S/C18H15N5O3/c1-25-17-8-12(10-24)16(9-20-17)26-11-14-13(15-2-4-21-22-15)3-6-23-7-5-19-18(14)23/h2-10H,11H2,1H3,(H,21,22). The predicted molar refractivity (Wildman–Crippen MR) is 93.3 cm³/mol. The highest BCUT2D eigenvalue weighted by Gasteiger charge is 2.14.